The van der Waals surface area contributed by atoms with Gasteiger partial charge in [0.25, 0.3) is 0 Å². The fourth-order valence-electron chi connectivity index (χ4n) is 2.79. The van der Waals surface area contributed by atoms with Crippen LogP contribution in [0.3, 0.4) is 0 Å². The molecule has 0 aliphatic heterocycles. The maximum atomic E-state index is 13.0. The Balaban J connectivity index is 1.92. The fourth-order valence-corrected chi connectivity index (χ4v) is 3.01. The van der Waals surface area contributed by atoms with Crippen LogP contribution in [0.15, 0.2) is 18.2 Å². The molecule has 116 valence electrons. The highest BCUT2D eigenvalue weighted by Crippen LogP contribution is 2.25. The molecule has 1 saturated carbocycles. The number of halogens is 2. The molecule has 0 saturated heterocycles. The van der Waals surface area contributed by atoms with Gasteiger partial charge in [-0.05, 0) is 43.9 Å². The van der Waals surface area contributed by atoms with Crippen LogP contribution < -0.4 is 10.6 Å². The second-order valence-electron chi connectivity index (χ2n) is 5.87. The van der Waals surface area contributed by atoms with Crippen molar-refractivity contribution in [2.75, 3.05) is 5.32 Å². The lowest BCUT2D eigenvalue weighted by Crippen LogP contribution is -2.47. The number of hydrogen-bond acceptors (Lipinski definition) is 2. The molecule has 0 bridgehead atoms. The first-order valence-electron chi connectivity index (χ1n) is 7.49. The summed E-state index contributed by atoms with van der Waals surface area (Å²) in [6.45, 7) is 4.06. The Kier molecular flexibility index (Phi) is 5.59. The largest absolute Gasteiger partial charge is 0.323 e. The van der Waals surface area contributed by atoms with Crippen molar-refractivity contribution >= 4 is 23.2 Å². The van der Waals surface area contributed by atoms with Gasteiger partial charge in [0.2, 0.25) is 5.91 Å². The van der Waals surface area contributed by atoms with E-state index >= 15 is 0 Å². The number of rotatable bonds is 4. The topological polar surface area (TPSA) is 41.1 Å². The number of carbonyl (C=O) groups is 1. The first-order valence-corrected chi connectivity index (χ1v) is 7.87. The van der Waals surface area contributed by atoms with Crippen LogP contribution in [-0.2, 0) is 4.79 Å². The molecule has 0 radical (unpaired) electrons. The van der Waals surface area contributed by atoms with Crippen LogP contribution in [0.25, 0.3) is 0 Å². The summed E-state index contributed by atoms with van der Waals surface area (Å²) in [5.41, 5.74) is 0.438. The molecule has 0 heterocycles. The molecule has 21 heavy (non-hydrogen) atoms. The molecular formula is C16H22ClFN2O. The van der Waals surface area contributed by atoms with Crippen LogP contribution in [0.5, 0.6) is 0 Å². The zero-order chi connectivity index (χ0) is 15.4. The van der Waals surface area contributed by atoms with E-state index in [-0.39, 0.29) is 17.0 Å². The Morgan fingerprint density at radius 1 is 1.38 bits per heavy atom. The Bertz CT molecular complexity index is 509. The molecule has 1 amide bonds. The second-order valence-corrected chi connectivity index (χ2v) is 6.28. The van der Waals surface area contributed by atoms with Crippen molar-refractivity contribution in [1.29, 1.82) is 0 Å². The van der Waals surface area contributed by atoms with Gasteiger partial charge in [-0.25, -0.2) is 4.39 Å². The minimum absolute atomic E-state index is 0.152. The summed E-state index contributed by atoms with van der Waals surface area (Å²) in [6.07, 6.45) is 4.79. The molecule has 3 nitrogen and oxygen atoms in total. The molecule has 3 atom stereocenters. The van der Waals surface area contributed by atoms with E-state index in [4.69, 9.17) is 11.6 Å². The van der Waals surface area contributed by atoms with Crippen molar-refractivity contribution in [2.24, 2.45) is 5.92 Å². The van der Waals surface area contributed by atoms with E-state index in [1.165, 1.54) is 37.5 Å². The quantitative estimate of drug-likeness (QED) is 0.883. The highest BCUT2D eigenvalue weighted by atomic mass is 35.5. The lowest BCUT2D eigenvalue weighted by atomic mass is 9.85. The first-order chi connectivity index (χ1) is 9.97. The normalized spacial score (nSPS) is 23.6. The third-order valence-electron chi connectivity index (χ3n) is 4.16. The maximum Gasteiger partial charge on any atom is 0.241 e. The number of amides is 1. The summed E-state index contributed by atoms with van der Waals surface area (Å²) in [5.74, 6) is 0.0184. The van der Waals surface area contributed by atoms with Crippen molar-refractivity contribution in [2.45, 2.75) is 51.6 Å². The zero-order valence-corrected chi connectivity index (χ0v) is 13.2. The molecule has 0 spiro atoms. The minimum Gasteiger partial charge on any atom is -0.323 e. The maximum absolute atomic E-state index is 13.0. The van der Waals surface area contributed by atoms with Gasteiger partial charge < -0.3 is 10.6 Å². The molecule has 1 aromatic carbocycles. The molecule has 1 aliphatic carbocycles. The summed E-state index contributed by atoms with van der Waals surface area (Å²) in [6, 6.07) is 4.02. The van der Waals surface area contributed by atoms with E-state index in [0.29, 0.717) is 17.6 Å². The van der Waals surface area contributed by atoms with E-state index < -0.39 is 5.82 Å². The molecule has 2 N–H and O–H groups in total. The summed E-state index contributed by atoms with van der Waals surface area (Å²) < 4.78 is 13.0. The molecular weight excluding hydrogens is 291 g/mol. The van der Waals surface area contributed by atoms with E-state index in [2.05, 4.69) is 17.6 Å². The summed E-state index contributed by atoms with van der Waals surface area (Å²) in [5, 5.41) is 6.34. The molecule has 0 unspecified atom stereocenters. The van der Waals surface area contributed by atoms with E-state index in [1.807, 2.05) is 6.92 Å². The summed E-state index contributed by atoms with van der Waals surface area (Å²) in [7, 11) is 0. The van der Waals surface area contributed by atoms with Gasteiger partial charge in [-0.2, -0.15) is 0 Å². The van der Waals surface area contributed by atoms with Crippen molar-refractivity contribution in [3.63, 3.8) is 0 Å². The predicted molar refractivity (Wildman–Crippen MR) is 84.1 cm³/mol. The standard InChI is InChI=1S/C16H22ClFN2O/c1-10-5-3-4-6-14(10)19-11(2)16(21)20-15-8-7-12(18)9-13(15)17/h7-11,14,19H,3-6H2,1-2H3,(H,20,21)/t10-,11+,14+/m1/s1. The lowest BCUT2D eigenvalue weighted by Gasteiger charge is -2.31. The van der Waals surface area contributed by atoms with Gasteiger partial charge in [0.1, 0.15) is 5.82 Å². The van der Waals surface area contributed by atoms with E-state index in [1.54, 1.807) is 0 Å². The van der Waals surface area contributed by atoms with E-state index in [0.717, 1.165) is 6.42 Å². The smallest absolute Gasteiger partial charge is 0.241 e. The molecule has 1 fully saturated rings. The Hall–Kier alpha value is -1.13. The Morgan fingerprint density at radius 3 is 2.76 bits per heavy atom. The van der Waals surface area contributed by atoms with Crippen LogP contribution in [0.1, 0.15) is 39.5 Å². The first kappa shape index (κ1) is 16.2. The van der Waals surface area contributed by atoms with Crippen LogP contribution >= 0.6 is 11.6 Å². The van der Waals surface area contributed by atoms with E-state index in [9.17, 15) is 9.18 Å². The number of anilines is 1. The van der Waals surface area contributed by atoms with Gasteiger partial charge >= 0.3 is 0 Å². The number of carbonyl (C=O) groups excluding carboxylic acids is 1. The van der Waals surface area contributed by atoms with Gasteiger partial charge in [-0.15, -0.1) is 0 Å². The van der Waals surface area contributed by atoms with Crippen molar-refractivity contribution < 1.29 is 9.18 Å². The number of nitrogens with one attached hydrogen (secondary N) is 2. The van der Waals surface area contributed by atoms with Crippen molar-refractivity contribution in [3.05, 3.63) is 29.0 Å². The van der Waals surface area contributed by atoms with Gasteiger partial charge in [-0.1, -0.05) is 31.4 Å². The Labute approximate surface area is 130 Å². The average molecular weight is 313 g/mol. The van der Waals surface area contributed by atoms with Crippen molar-refractivity contribution in [1.82, 2.24) is 5.32 Å². The summed E-state index contributed by atoms with van der Waals surface area (Å²) >= 11 is 5.92. The third-order valence-corrected chi connectivity index (χ3v) is 4.47. The average Bonchev–Trinajstić information content (AvgIpc) is 2.44. The minimum atomic E-state index is -0.416. The molecule has 1 aromatic rings. The zero-order valence-electron chi connectivity index (χ0n) is 12.5. The van der Waals surface area contributed by atoms with Gasteiger partial charge in [0.15, 0.2) is 0 Å². The second kappa shape index (κ2) is 7.23. The number of benzene rings is 1. The SMILES string of the molecule is C[C@H](N[C@H]1CCCC[C@H]1C)C(=O)Nc1ccc(F)cc1Cl. The molecule has 0 aromatic heterocycles. The third kappa shape index (κ3) is 4.42. The summed E-state index contributed by atoms with van der Waals surface area (Å²) in [4.78, 5) is 12.2. The van der Waals surface area contributed by atoms with Gasteiger partial charge in [-0.3, -0.25) is 4.79 Å². The van der Waals surface area contributed by atoms with Crippen molar-refractivity contribution in [3.8, 4) is 0 Å². The van der Waals surface area contributed by atoms with Crippen LogP contribution in [-0.4, -0.2) is 18.0 Å². The monoisotopic (exact) mass is 312 g/mol. The fraction of sp³-hybridized carbons (Fsp3) is 0.562. The Morgan fingerprint density at radius 2 is 2.10 bits per heavy atom. The number of hydrogen-bond donors (Lipinski definition) is 2. The lowest BCUT2D eigenvalue weighted by molar-refractivity contribution is -0.118. The highest BCUT2D eigenvalue weighted by molar-refractivity contribution is 6.33. The highest BCUT2D eigenvalue weighted by Gasteiger charge is 2.25. The molecule has 2 rings (SSSR count). The van der Waals surface area contributed by atoms with Crippen LogP contribution in [0.2, 0.25) is 5.02 Å². The van der Waals surface area contributed by atoms with Gasteiger partial charge in [0.05, 0.1) is 16.8 Å². The molecule has 5 heteroatoms. The predicted octanol–water partition coefficient (Wildman–Crippen LogP) is 3.97. The molecule has 1 aliphatic rings. The van der Waals surface area contributed by atoms with Crippen LogP contribution in [0, 0.1) is 11.7 Å². The van der Waals surface area contributed by atoms with Crippen LogP contribution in [0.4, 0.5) is 10.1 Å². The van der Waals surface area contributed by atoms with Gasteiger partial charge in [0, 0.05) is 6.04 Å².